The predicted octanol–water partition coefficient (Wildman–Crippen LogP) is 2.45. The molecule has 0 atom stereocenters. The Kier molecular flexibility index (Phi) is 5.35. The molecule has 1 aliphatic rings. The maximum atomic E-state index is 12.2. The largest absolute Gasteiger partial charge is 0.495 e. The molecule has 1 aromatic heterocycles. The number of ether oxygens (including phenoxy) is 1. The zero-order valence-corrected chi connectivity index (χ0v) is 14.5. The first-order valence-electron chi connectivity index (χ1n) is 8.30. The molecule has 3 rings (SSSR count). The average Bonchev–Trinajstić information content (AvgIpc) is 2.63. The summed E-state index contributed by atoms with van der Waals surface area (Å²) < 4.78 is 5.27. The van der Waals surface area contributed by atoms with Gasteiger partial charge in [-0.2, -0.15) is 0 Å². The molecule has 3 N–H and O–H groups in total. The van der Waals surface area contributed by atoms with E-state index in [0.29, 0.717) is 17.1 Å². The number of hydrogen-bond acceptors (Lipinski definition) is 5. The number of amides is 2. The number of rotatable bonds is 4. The van der Waals surface area contributed by atoms with Crippen molar-refractivity contribution in [3.05, 3.63) is 42.1 Å². The molecule has 0 saturated carbocycles. The predicted molar refractivity (Wildman–Crippen MR) is 99.7 cm³/mol. The molecule has 2 heterocycles. The molecule has 0 unspecified atom stereocenters. The van der Waals surface area contributed by atoms with Crippen LogP contribution in [0.4, 0.5) is 22.0 Å². The summed E-state index contributed by atoms with van der Waals surface area (Å²) in [4.78, 5) is 18.9. The number of nitrogens with one attached hydrogen (secondary N) is 3. The number of methoxy groups -OCH3 is 1. The summed E-state index contributed by atoms with van der Waals surface area (Å²) in [5.41, 5.74) is 2.31. The molecule has 0 aliphatic carbocycles. The Morgan fingerprint density at radius 3 is 2.68 bits per heavy atom. The van der Waals surface area contributed by atoms with E-state index in [4.69, 9.17) is 4.74 Å². The van der Waals surface area contributed by atoms with Crippen molar-refractivity contribution in [2.45, 2.75) is 6.92 Å². The van der Waals surface area contributed by atoms with E-state index in [2.05, 4.69) is 25.8 Å². The van der Waals surface area contributed by atoms with Gasteiger partial charge < -0.3 is 25.6 Å². The second kappa shape index (κ2) is 7.85. The van der Waals surface area contributed by atoms with Crippen LogP contribution in [0.5, 0.6) is 5.75 Å². The molecule has 7 nitrogen and oxygen atoms in total. The molecule has 1 saturated heterocycles. The van der Waals surface area contributed by atoms with Crippen LogP contribution < -0.4 is 25.6 Å². The number of hydrogen-bond donors (Lipinski definition) is 3. The fourth-order valence-corrected chi connectivity index (χ4v) is 2.75. The third kappa shape index (κ3) is 4.39. The van der Waals surface area contributed by atoms with Crippen molar-refractivity contribution >= 4 is 23.2 Å². The Balaban J connectivity index is 1.62. The summed E-state index contributed by atoms with van der Waals surface area (Å²) in [7, 11) is 1.58. The zero-order chi connectivity index (χ0) is 17.6. The van der Waals surface area contributed by atoms with Crippen LogP contribution in [0.2, 0.25) is 0 Å². The van der Waals surface area contributed by atoms with Gasteiger partial charge >= 0.3 is 6.03 Å². The molecular weight excluding hydrogens is 318 g/mol. The van der Waals surface area contributed by atoms with Crippen LogP contribution in [-0.4, -0.2) is 44.3 Å². The Labute approximate surface area is 147 Å². The van der Waals surface area contributed by atoms with Crippen LogP contribution in [-0.2, 0) is 0 Å². The monoisotopic (exact) mass is 341 g/mol. The number of pyridine rings is 1. The van der Waals surface area contributed by atoms with Crippen molar-refractivity contribution in [1.29, 1.82) is 0 Å². The summed E-state index contributed by atoms with van der Waals surface area (Å²) in [6, 6.07) is 9.08. The standard InChI is InChI=1S/C18H23N5O2/c1-13-3-5-16(25-2)15(11-13)22-18(24)21-14-4-6-17(20-12-14)23-9-7-19-8-10-23/h3-6,11-12,19H,7-10H2,1-2H3,(H2,21,22,24). The highest BCUT2D eigenvalue weighted by atomic mass is 16.5. The SMILES string of the molecule is COc1ccc(C)cc1NC(=O)Nc1ccc(N2CCNCC2)nc1. The van der Waals surface area contributed by atoms with E-state index in [-0.39, 0.29) is 6.03 Å². The molecule has 132 valence electrons. The Morgan fingerprint density at radius 2 is 2.00 bits per heavy atom. The lowest BCUT2D eigenvalue weighted by Gasteiger charge is -2.28. The van der Waals surface area contributed by atoms with Gasteiger partial charge in [-0.25, -0.2) is 9.78 Å². The second-order valence-electron chi connectivity index (χ2n) is 5.92. The highest BCUT2D eigenvalue weighted by Crippen LogP contribution is 2.25. The lowest BCUT2D eigenvalue weighted by atomic mass is 10.2. The van der Waals surface area contributed by atoms with E-state index in [9.17, 15) is 4.79 Å². The summed E-state index contributed by atoms with van der Waals surface area (Å²) in [5, 5.41) is 8.91. The van der Waals surface area contributed by atoms with Crippen LogP contribution in [0.25, 0.3) is 0 Å². The Morgan fingerprint density at radius 1 is 1.20 bits per heavy atom. The molecule has 1 fully saturated rings. The van der Waals surface area contributed by atoms with Crippen molar-refractivity contribution in [1.82, 2.24) is 10.3 Å². The van der Waals surface area contributed by atoms with Gasteiger partial charge in [-0.05, 0) is 36.8 Å². The van der Waals surface area contributed by atoms with Gasteiger partial charge in [0.1, 0.15) is 11.6 Å². The molecule has 0 bridgehead atoms. The van der Waals surface area contributed by atoms with Gasteiger partial charge in [-0.3, -0.25) is 0 Å². The number of benzene rings is 1. The normalized spacial score (nSPS) is 14.1. The molecule has 2 amide bonds. The number of aryl methyl sites for hydroxylation is 1. The van der Waals surface area contributed by atoms with Gasteiger partial charge in [0.25, 0.3) is 0 Å². The zero-order valence-electron chi connectivity index (χ0n) is 14.5. The first-order valence-corrected chi connectivity index (χ1v) is 8.30. The molecule has 1 aromatic carbocycles. The van der Waals surface area contributed by atoms with Crippen molar-refractivity contribution in [2.75, 3.05) is 48.8 Å². The summed E-state index contributed by atoms with van der Waals surface area (Å²) >= 11 is 0. The minimum absolute atomic E-state index is 0.333. The van der Waals surface area contributed by atoms with E-state index >= 15 is 0 Å². The number of anilines is 3. The van der Waals surface area contributed by atoms with Crippen molar-refractivity contribution < 1.29 is 9.53 Å². The van der Waals surface area contributed by atoms with Crippen molar-refractivity contribution in [3.63, 3.8) is 0 Å². The summed E-state index contributed by atoms with van der Waals surface area (Å²) in [6.07, 6.45) is 1.67. The van der Waals surface area contributed by atoms with Crippen molar-refractivity contribution in [3.8, 4) is 5.75 Å². The topological polar surface area (TPSA) is 78.5 Å². The van der Waals surface area contributed by atoms with Gasteiger partial charge in [-0.15, -0.1) is 0 Å². The van der Waals surface area contributed by atoms with Gasteiger partial charge in [0.15, 0.2) is 0 Å². The van der Waals surface area contributed by atoms with Crippen molar-refractivity contribution in [2.24, 2.45) is 0 Å². The van der Waals surface area contributed by atoms with Gasteiger partial charge in [-0.1, -0.05) is 6.07 Å². The van der Waals surface area contributed by atoms with Crippen LogP contribution >= 0.6 is 0 Å². The third-order valence-electron chi connectivity index (χ3n) is 4.05. The second-order valence-corrected chi connectivity index (χ2v) is 5.92. The highest BCUT2D eigenvalue weighted by Gasteiger charge is 2.12. The minimum atomic E-state index is -0.333. The maximum Gasteiger partial charge on any atom is 0.323 e. The van der Waals surface area contributed by atoms with Crippen LogP contribution in [0.1, 0.15) is 5.56 Å². The van der Waals surface area contributed by atoms with Crippen LogP contribution in [0.15, 0.2) is 36.5 Å². The highest BCUT2D eigenvalue weighted by molar-refractivity contribution is 6.00. The average molecular weight is 341 g/mol. The van der Waals surface area contributed by atoms with Crippen LogP contribution in [0, 0.1) is 6.92 Å². The third-order valence-corrected chi connectivity index (χ3v) is 4.05. The number of nitrogens with zero attached hydrogens (tertiary/aromatic N) is 2. The summed E-state index contributed by atoms with van der Waals surface area (Å²) in [6.45, 7) is 5.76. The lowest BCUT2D eigenvalue weighted by Crippen LogP contribution is -2.43. The number of carbonyl (C=O) groups is 1. The number of carbonyl (C=O) groups excluding carboxylic acids is 1. The van der Waals surface area contributed by atoms with E-state index in [1.165, 1.54) is 0 Å². The molecule has 7 heteroatoms. The van der Waals surface area contributed by atoms with E-state index < -0.39 is 0 Å². The fraction of sp³-hybridized carbons (Fsp3) is 0.333. The Bertz CT molecular complexity index is 727. The lowest BCUT2D eigenvalue weighted by molar-refractivity contribution is 0.262. The van der Waals surface area contributed by atoms with Crippen LogP contribution in [0.3, 0.4) is 0 Å². The quantitative estimate of drug-likeness (QED) is 0.796. The smallest absolute Gasteiger partial charge is 0.323 e. The molecule has 25 heavy (non-hydrogen) atoms. The molecule has 1 aliphatic heterocycles. The minimum Gasteiger partial charge on any atom is -0.495 e. The van der Waals surface area contributed by atoms with Gasteiger partial charge in [0.05, 0.1) is 24.7 Å². The van der Waals surface area contributed by atoms with Gasteiger partial charge in [0.2, 0.25) is 0 Å². The fourth-order valence-electron chi connectivity index (χ4n) is 2.75. The molecule has 0 radical (unpaired) electrons. The Hall–Kier alpha value is -2.80. The maximum absolute atomic E-state index is 12.2. The molecule has 0 spiro atoms. The molecular formula is C18H23N5O2. The molecule has 2 aromatic rings. The van der Waals surface area contributed by atoms with E-state index in [1.807, 2.05) is 37.3 Å². The number of aromatic nitrogens is 1. The first-order chi connectivity index (χ1) is 12.2. The van der Waals surface area contributed by atoms with Gasteiger partial charge in [0, 0.05) is 26.2 Å². The number of urea groups is 1. The first kappa shape index (κ1) is 17.0. The number of piperazine rings is 1. The van der Waals surface area contributed by atoms with E-state index in [1.54, 1.807) is 13.3 Å². The summed E-state index contributed by atoms with van der Waals surface area (Å²) in [5.74, 6) is 1.54. The van der Waals surface area contributed by atoms with E-state index in [0.717, 1.165) is 37.6 Å².